The summed E-state index contributed by atoms with van der Waals surface area (Å²) in [5.41, 5.74) is 3.79. The Hall–Kier alpha value is -4.52. The molecule has 2 aromatic carbocycles. The Kier molecular flexibility index (Phi) is 8.34. The summed E-state index contributed by atoms with van der Waals surface area (Å²) in [6.45, 7) is 1.33. The van der Waals surface area contributed by atoms with Crippen LogP contribution in [0.15, 0.2) is 53.3 Å². The Morgan fingerprint density at radius 1 is 1.07 bits per heavy atom. The van der Waals surface area contributed by atoms with E-state index in [1.807, 2.05) is 19.0 Å². The van der Waals surface area contributed by atoms with E-state index in [4.69, 9.17) is 5.73 Å². The van der Waals surface area contributed by atoms with Crippen molar-refractivity contribution in [2.45, 2.75) is 30.9 Å². The number of phenols is 1. The van der Waals surface area contributed by atoms with Crippen LogP contribution in [0.2, 0.25) is 0 Å². The van der Waals surface area contributed by atoms with Crippen molar-refractivity contribution in [2.24, 2.45) is 17.6 Å². The largest absolute Gasteiger partial charge is 0.508 e. The van der Waals surface area contributed by atoms with Gasteiger partial charge in [-0.25, -0.2) is 0 Å². The summed E-state index contributed by atoms with van der Waals surface area (Å²) < 4.78 is 0. The summed E-state index contributed by atoms with van der Waals surface area (Å²) in [5.74, 6) is -7.30. The number of phenolic OH excluding ortho intramolecular Hbond substituents is 1. The molecule has 238 valence electrons. The summed E-state index contributed by atoms with van der Waals surface area (Å²) in [4.78, 5) is 55.9. The summed E-state index contributed by atoms with van der Waals surface area (Å²) in [7, 11) is 7.02. The summed E-state index contributed by atoms with van der Waals surface area (Å²) in [6, 6.07) is 8.81. The second-order valence-corrected chi connectivity index (χ2v) is 12.4. The lowest BCUT2D eigenvalue weighted by atomic mass is 9.57. The molecule has 1 saturated carbocycles. The van der Waals surface area contributed by atoms with Crippen molar-refractivity contribution in [1.29, 1.82) is 0 Å². The number of fused-ring (bicyclic) bond motifs is 3. The van der Waals surface area contributed by atoms with E-state index in [2.05, 4.69) is 5.32 Å². The van der Waals surface area contributed by atoms with Crippen LogP contribution < -0.4 is 11.1 Å². The fourth-order valence-electron chi connectivity index (χ4n) is 7.04. The van der Waals surface area contributed by atoms with E-state index >= 15 is 0 Å². The first-order valence-electron chi connectivity index (χ1n) is 14.7. The molecule has 2 amide bonds. The van der Waals surface area contributed by atoms with Gasteiger partial charge in [0.25, 0.3) is 11.8 Å². The van der Waals surface area contributed by atoms with Crippen molar-refractivity contribution in [3.8, 4) is 16.9 Å². The minimum absolute atomic E-state index is 0.0117. The highest BCUT2D eigenvalue weighted by molar-refractivity contribution is 6.24. The number of carbonyl (C=O) groups is 4. The molecule has 5 rings (SSSR count). The molecule has 0 spiro atoms. The number of Topliss-reactive ketones (excluding diaryl/α,β-unsaturated/α-hetero) is 2. The SMILES string of the molecule is CN(C)CCCNC(=O)c1cccc(-c2ccc(O)c3c2C[C@H]2C[C@H]4[C@@H](N(C)C)C(=O)C(C(N)=O)=C(O)[C@@]4(O)C(=O)C2=C3O)c1. The number of ketones is 2. The fourth-order valence-corrected chi connectivity index (χ4v) is 7.04. The topological polar surface area (TPSA) is 194 Å². The van der Waals surface area contributed by atoms with Crippen LogP contribution in [0.25, 0.3) is 16.9 Å². The van der Waals surface area contributed by atoms with Gasteiger partial charge in [0.2, 0.25) is 5.78 Å². The van der Waals surface area contributed by atoms with Crippen molar-refractivity contribution >= 4 is 29.1 Å². The fraction of sp³-hybridized carbons (Fsp3) is 0.394. The lowest BCUT2D eigenvalue weighted by Crippen LogP contribution is -2.65. The van der Waals surface area contributed by atoms with Crippen LogP contribution in [0.5, 0.6) is 5.75 Å². The zero-order chi connectivity index (χ0) is 33.0. The van der Waals surface area contributed by atoms with Gasteiger partial charge >= 0.3 is 0 Å². The molecule has 3 aliphatic rings. The van der Waals surface area contributed by atoms with Crippen LogP contribution in [0.4, 0.5) is 0 Å². The maximum Gasteiger partial charge on any atom is 0.255 e. The number of amides is 2. The van der Waals surface area contributed by atoms with E-state index < -0.39 is 58.0 Å². The van der Waals surface area contributed by atoms with Gasteiger partial charge < -0.3 is 36.4 Å². The molecule has 12 heteroatoms. The first-order chi connectivity index (χ1) is 21.2. The minimum Gasteiger partial charge on any atom is -0.508 e. The summed E-state index contributed by atoms with van der Waals surface area (Å²) in [6.07, 6.45) is 0.904. The minimum atomic E-state index is -2.70. The molecule has 0 bridgehead atoms. The van der Waals surface area contributed by atoms with Crippen molar-refractivity contribution < 1.29 is 39.6 Å². The van der Waals surface area contributed by atoms with E-state index in [9.17, 15) is 39.6 Å². The highest BCUT2D eigenvalue weighted by atomic mass is 16.3. The molecule has 12 nitrogen and oxygen atoms in total. The predicted molar refractivity (Wildman–Crippen MR) is 165 cm³/mol. The molecule has 4 atom stereocenters. The number of hydrogen-bond acceptors (Lipinski definition) is 10. The second-order valence-electron chi connectivity index (χ2n) is 12.4. The number of rotatable bonds is 8. The highest BCUT2D eigenvalue weighted by Gasteiger charge is 2.64. The average Bonchev–Trinajstić information content (AvgIpc) is 2.96. The van der Waals surface area contributed by atoms with Crippen LogP contribution in [0.1, 0.15) is 34.3 Å². The smallest absolute Gasteiger partial charge is 0.255 e. The Labute approximate surface area is 260 Å². The molecule has 0 aromatic heterocycles. The van der Waals surface area contributed by atoms with Crippen molar-refractivity contribution in [1.82, 2.24) is 15.1 Å². The number of carbonyl (C=O) groups excluding carboxylic acids is 4. The van der Waals surface area contributed by atoms with Gasteiger partial charge in [-0.2, -0.15) is 0 Å². The first-order valence-corrected chi connectivity index (χ1v) is 14.7. The van der Waals surface area contributed by atoms with Crippen LogP contribution in [0, 0.1) is 11.8 Å². The Balaban J connectivity index is 1.58. The quantitative estimate of drug-likeness (QED) is 0.186. The zero-order valence-electron chi connectivity index (χ0n) is 25.6. The van der Waals surface area contributed by atoms with Gasteiger partial charge in [0.05, 0.1) is 11.6 Å². The van der Waals surface area contributed by atoms with Gasteiger partial charge in [-0.15, -0.1) is 0 Å². The Morgan fingerprint density at radius 3 is 2.42 bits per heavy atom. The molecule has 3 aliphatic carbocycles. The Bertz CT molecular complexity index is 1680. The van der Waals surface area contributed by atoms with Crippen LogP contribution in [0.3, 0.4) is 0 Å². The number of nitrogens with zero attached hydrogens (tertiary/aromatic N) is 2. The third-order valence-electron chi connectivity index (χ3n) is 9.11. The number of aromatic hydroxyl groups is 1. The normalized spacial score (nSPS) is 24.5. The van der Waals surface area contributed by atoms with Crippen molar-refractivity contribution in [2.75, 3.05) is 41.3 Å². The van der Waals surface area contributed by atoms with Gasteiger partial charge in [0.1, 0.15) is 22.8 Å². The zero-order valence-corrected chi connectivity index (χ0v) is 25.6. The molecule has 2 aromatic rings. The highest BCUT2D eigenvalue weighted by Crippen LogP contribution is 2.53. The lowest BCUT2D eigenvalue weighted by molar-refractivity contribution is -0.153. The number of likely N-dealkylation sites (N-methyl/N-ethyl adjacent to an activating group) is 1. The van der Waals surface area contributed by atoms with E-state index in [1.54, 1.807) is 44.4 Å². The van der Waals surface area contributed by atoms with E-state index in [0.29, 0.717) is 28.8 Å². The average molecular weight is 619 g/mol. The number of nitrogens with one attached hydrogen (secondary N) is 1. The summed E-state index contributed by atoms with van der Waals surface area (Å²) >= 11 is 0. The molecule has 0 radical (unpaired) electrons. The van der Waals surface area contributed by atoms with Gasteiger partial charge in [0.15, 0.2) is 11.4 Å². The van der Waals surface area contributed by atoms with Crippen molar-refractivity contribution in [3.05, 3.63) is 70.0 Å². The third kappa shape index (κ3) is 5.18. The van der Waals surface area contributed by atoms with Gasteiger partial charge in [-0.3, -0.25) is 24.1 Å². The predicted octanol–water partition coefficient (Wildman–Crippen LogP) is 1.31. The number of benzene rings is 2. The number of nitrogens with two attached hydrogens (primary N) is 1. The summed E-state index contributed by atoms with van der Waals surface area (Å²) in [5, 5.41) is 48.1. The van der Waals surface area contributed by atoms with Crippen LogP contribution >= 0.6 is 0 Å². The molecule has 0 aliphatic heterocycles. The molecular formula is C33H38N4O8. The van der Waals surface area contributed by atoms with Gasteiger partial charge in [-0.05, 0) is 94.8 Å². The molecule has 0 unspecified atom stereocenters. The monoisotopic (exact) mass is 618 g/mol. The van der Waals surface area contributed by atoms with E-state index in [0.717, 1.165) is 13.0 Å². The lowest BCUT2D eigenvalue weighted by Gasteiger charge is -2.50. The van der Waals surface area contributed by atoms with Crippen LogP contribution in [-0.2, 0) is 20.8 Å². The third-order valence-corrected chi connectivity index (χ3v) is 9.11. The molecule has 7 N–H and O–H groups in total. The van der Waals surface area contributed by atoms with Crippen LogP contribution in [-0.4, -0.2) is 107 Å². The first kappa shape index (κ1) is 31.9. The standard InChI is InChI=1S/C33H38N4O8/c1-36(2)12-6-11-35-32(44)17-8-5-7-16(13-17)19-9-10-22(38)24-20(19)14-18-15-21-26(37(3)4)28(40)25(31(34)43)30(42)33(21,45)29(41)23(18)27(24)39/h5,7-10,13,18,21,26,38-39,42,45H,6,11-12,14-15H2,1-4H3,(H2,34,43)(H,35,44)/t18-,21-,26+,33-/m0/s1. The van der Waals surface area contributed by atoms with Crippen molar-refractivity contribution in [3.63, 3.8) is 0 Å². The molecular weight excluding hydrogens is 580 g/mol. The molecule has 0 heterocycles. The van der Waals surface area contributed by atoms with E-state index in [-0.39, 0.29) is 35.6 Å². The van der Waals surface area contributed by atoms with Gasteiger partial charge in [0, 0.05) is 23.6 Å². The maximum atomic E-state index is 14.0. The second kappa shape index (κ2) is 11.8. The Morgan fingerprint density at radius 2 is 1.78 bits per heavy atom. The number of aliphatic hydroxyl groups is 3. The van der Waals surface area contributed by atoms with E-state index in [1.165, 1.54) is 11.0 Å². The number of aliphatic hydroxyl groups excluding tert-OH is 2. The maximum absolute atomic E-state index is 14.0. The number of primary amides is 1. The number of hydrogen-bond donors (Lipinski definition) is 6. The molecule has 0 saturated heterocycles. The van der Waals surface area contributed by atoms with Gasteiger partial charge in [-0.1, -0.05) is 18.2 Å². The molecule has 45 heavy (non-hydrogen) atoms. The molecule has 1 fully saturated rings.